The second-order valence-electron chi connectivity index (χ2n) is 1.24. The van der Waals surface area contributed by atoms with Gasteiger partial charge in [0, 0.05) is 5.27 Å². The second-order valence-corrected chi connectivity index (χ2v) is 2.05. The lowest BCUT2D eigenvalue weighted by Gasteiger charge is -1.56. The molecule has 0 fully saturated rings. The van der Waals surface area contributed by atoms with Gasteiger partial charge in [-0.25, -0.2) is 4.98 Å². The Balaban J connectivity index is 3.06. The fraction of sp³-hybridized carbons (Fsp3) is 0. The van der Waals surface area contributed by atoms with Crippen molar-refractivity contribution in [3.05, 3.63) is 5.51 Å². The molecule has 0 N–H and O–H groups in total. The maximum absolute atomic E-state index is 4.65. The van der Waals surface area contributed by atoms with Crippen LogP contribution in [0.4, 0.5) is 0 Å². The summed E-state index contributed by atoms with van der Waals surface area (Å²) in [6.45, 7) is 0. The van der Waals surface area contributed by atoms with Crippen LogP contribution in [-0.2, 0) is 0 Å². The standard InChI is InChI=1S/C3HN3OS/c1-4-2-3(8-1)7-6-5-2/h1H. The minimum Gasteiger partial charge on any atom is -0.324 e. The molecular formula is C3HN3OS. The summed E-state index contributed by atoms with van der Waals surface area (Å²) in [4.78, 5) is 4.52. The molecule has 0 bridgehead atoms. The number of nitrogens with zero attached hydrogens (tertiary/aromatic N) is 3. The van der Waals surface area contributed by atoms with Gasteiger partial charge in [0.05, 0.1) is 5.51 Å². The topological polar surface area (TPSA) is 51.8 Å². The van der Waals surface area contributed by atoms with Gasteiger partial charge in [-0.1, -0.05) is 16.4 Å². The van der Waals surface area contributed by atoms with Crippen LogP contribution in [0.3, 0.4) is 0 Å². The Kier molecular flexibility index (Phi) is 0.621. The van der Waals surface area contributed by atoms with Crippen LogP contribution in [-0.4, -0.2) is 15.4 Å². The lowest BCUT2D eigenvalue weighted by atomic mass is 10.9. The third-order valence-electron chi connectivity index (χ3n) is 0.777. The van der Waals surface area contributed by atoms with Gasteiger partial charge < -0.3 is 4.52 Å². The molecule has 0 spiro atoms. The summed E-state index contributed by atoms with van der Waals surface area (Å²) in [5, 5.41) is 6.85. The highest BCUT2D eigenvalue weighted by Crippen LogP contribution is 2.12. The van der Waals surface area contributed by atoms with Crippen molar-refractivity contribution < 1.29 is 4.52 Å². The molecule has 5 heteroatoms. The fourth-order valence-corrected chi connectivity index (χ4v) is 0.978. The molecule has 0 saturated carbocycles. The summed E-state index contributed by atoms with van der Waals surface area (Å²) >= 11 is 1.39. The van der Waals surface area contributed by atoms with Gasteiger partial charge >= 0.3 is 0 Å². The van der Waals surface area contributed by atoms with E-state index in [9.17, 15) is 0 Å². The molecule has 4 nitrogen and oxygen atoms in total. The summed E-state index contributed by atoms with van der Waals surface area (Å²) in [6, 6.07) is 0. The lowest BCUT2D eigenvalue weighted by Crippen LogP contribution is -1.64. The first-order chi connectivity index (χ1) is 3.97. The maximum atomic E-state index is 4.65. The minimum absolute atomic E-state index is 0.593. The van der Waals surface area contributed by atoms with Crippen molar-refractivity contribution in [1.82, 2.24) is 15.4 Å². The first kappa shape index (κ1) is 3.96. The van der Waals surface area contributed by atoms with E-state index in [1.165, 1.54) is 11.3 Å². The molecule has 2 rings (SSSR count). The van der Waals surface area contributed by atoms with E-state index in [4.69, 9.17) is 0 Å². The molecule has 0 aliphatic rings. The molecule has 2 heterocycles. The molecule has 40 valence electrons. The molecule has 0 aliphatic heterocycles. The van der Waals surface area contributed by atoms with Crippen LogP contribution in [0.15, 0.2) is 10.0 Å². The lowest BCUT2D eigenvalue weighted by molar-refractivity contribution is 0.428. The number of rotatable bonds is 0. The van der Waals surface area contributed by atoms with E-state index < -0.39 is 0 Å². The molecule has 0 saturated heterocycles. The van der Waals surface area contributed by atoms with Gasteiger partial charge in [-0.05, 0) is 0 Å². The number of fused-ring (bicyclic) bond motifs is 1. The monoisotopic (exact) mass is 127 g/mol. The molecule has 0 aromatic carbocycles. The van der Waals surface area contributed by atoms with Crippen molar-refractivity contribution in [3.63, 3.8) is 0 Å². The van der Waals surface area contributed by atoms with Crippen molar-refractivity contribution in [2.45, 2.75) is 0 Å². The van der Waals surface area contributed by atoms with Crippen LogP contribution in [0.25, 0.3) is 10.5 Å². The van der Waals surface area contributed by atoms with Crippen LogP contribution in [0.2, 0.25) is 0 Å². The Morgan fingerprint density at radius 3 is 3.50 bits per heavy atom. The molecule has 2 aromatic rings. The predicted molar refractivity (Wildman–Crippen MR) is 27.5 cm³/mol. The zero-order valence-electron chi connectivity index (χ0n) is 3.74. The van der Waals surface area contributed by atoms with Crippen molar-refractivity contribution in [1.29, 1.82) is 0 Å². The Morgan fingerprint density at radius 2 is 2.62 bits per heavy atom. The normalized spacial score (nSPS) is 10.5. The first-order valence-electron chi connectivity index (χ1n) is 1.98. The third-order valence-corrected chi connectivity index (χ3v) is 1.46. The highest BCUT2D eigenvalue weighted by atomic mass is 32.1. The number of thiazole rings is 1. The van der Waals surface area contributed by atoms with Crippen LogP contribution >= 0.6 is 11.3 Å². The summed E-state index contributed by atoms with van der Waals surface area (Å²) in [5.41, 5.74) is 2.26. The predicted octanol–water partition coefficient (Wildman–Crippen LogP) is 0.679. The molecule has 0 amide bonds. The van der Waals surface area contributed by atoms with Crippen molar-refractivity contribution in [3.8, 4) is 0 Å². The number of hydrogen-bond acceptors (Lipinski definition) is 5. The van der Waals surface area contributed by atoms with E-state index in [-0.39, 0.29) is 0 Å². The largest absolute Gasteiger partial charge is 0.324 e. The summed E-state index contributed by atoms with van der Waals surface area (Å²) in [6.07, 6.45) is 0. The van der Waals surface area contributed by atoms with Crippen LogP contribution < -0.4 is 0 Å². The zero-order valence-corrected chi connectivity index (χ0v) is 4.55. The van der Waals surface area contributed by atoms with Crippen molar-refractivity contribution in [2.75, 3.05) is 0 Å². The highest BCUT2D eigenvalue weighted by molar-refractivity contribution is 7.15. The number of aromatic nitrogens is 3. The van der Waals surface area contributed by atoms with Gasteiger partial charge in [0.15, 0.2) is 0 Å². The van der Waals surface area contributed by atoms with E-state index in [1.807, 2.05) is 0 Å². The van der Waals surface area contributed by atoms with E-state index >= 15 is 0 Å². The Hall–Kier alpha value is -0.970. The molecule has 0 radical (unpaired) electrons. The molecule has 8 heavy (non-hydrogen) atoms. The molecular weight excluding hydrogens is 126 g/mol. The van der Waals surface area contributed by atoms with Gasteiger partial charge in [-0.2, -0.15) is 0 Å². The molecule has 0 atom stereocenters. The third kappa shape index (κ3) is 0.362. The van der Waals surface area contributed by atoms with Crippen LogP contribution in [0, 0.1) is 0 Å². The van der Waals surface area contributed by atoms with Gasteiger partial charge in [0.1, 0.15) is 0 Å². The van der Waals surface area contributed by atoms with Gasteiger partial charge in [-0.15, -0.1) is 0 Å². The molecule has 0 unspecified atom stereocenters. The summed E-state index contributed by atoms with van der Waals surface area (Å²) < 4.78 is 4.65. The van der Waals surface area contributed by atoms with Gasteiger partial charge in [0.25, 0.3) is 4.90 Å². The van der Waals surface area contributed by atoms with Gasteiger partial charge in [-0.3, -0.25) is 0 Å². The quantitative estimate of drug-likeness (QED) is 0.522. The molecule has 2 aromatic heterocycles. The van der Waals surface area contributed by atoms with E-state index in [1.54, 1.807) is 5.51 Å². The second kappa shape index (κ2) is 1.25. The number of hydrogen-bond donors (Lipinski definition) is 0. The molecule has 0 aliphatic carbocycles. The Labute approximate surface area is 48.1 Å². The average Bonchev–Trinajstić information content (AvgIpc) is 2.15. The fourth-order valence-electron chi connectivity index (χ4n) is 0.455. The highest BCUT2D eigenvalue weighted by Gasteiger charge is 1.98. The first-order valence-corrected chi connectivity index (χ1v) is 2.86. The maximum Gasteiger partial charge on any atom is 0.261 e. The van der Waals surface area contributed by atoms with Crippen LogP contribution in [0.5, 0.6) is 0 Å². The van der Waals surface area contributed by atoms with Crippen molar-refractivity contribution >= 4 is 21.9 Å². The SMILES string of the molecule is c1nc2nnoc2s1. The summed E-state index contributed by atoms with van der Waals surface area (Å²) in [7, 11) is 0. The van der Waals surface area contributed by atoms with Gasteiger partial charge in [0.2, 0.25) is 5.65 Å². The van der Waals surface area contributed by atoms with E-state index in [0.29, 0.717) is 10.5 Å². The van der Waals surface area contributed by atoms with Crippen molar-refractivity contribution in [2.24, 2.45) is 0 Å². The Morgan fingerprint density at radius 1 is 1.62 bits per heavy atom. The zero-order chi connectivity index (χ0) is 5.40. The average molecular weight is 127 g/mol. The minimum atomic E-state index is 0.593. The summed E-state index contributed by atoms with van der Waals surface area (Å²) in [5.74, 6) is 0. The van der Waals surface area contributed by atoms with Crippen LogP contribution in [0.1, 0.15) is 0 Å². The smallest absolute Gasteiger partial charge is 0.261 e. The van der Waals surface area contributed by atoms with E-state index in [2.05, 4.69) is 19.9 Å². The van der Waals surface area contributed by atoms with E-state index in [0.717, 1.165) is 0 Å². The Bertz CT molecular complexity index is 236.